The summed E-state index contributed by atoms with van der Waals surface area (Å²) < 4.78 is 27.2. The van der Waals surface area contributed by atoms with E-state index in [1.54, 1.807) is 18.4 Å². The summed E-state index contributed by atoms with van der Waals surface area (Å²) in [4.78, 5) is 14.7. The van der Waals surface area contributed by atoms with Gasteiger partial charge in [0.15, 0.2) is 0 Å². The number of nitrogens with zero attached hydrogens (tertiary/aromatic N) is 1. The highest BCUT2D eigenvalue weighted by Crippen LogP contribution is 2.20. The van der Waals surface area contributed by atoms with Gasteiger partial charge < -0.3 is 5.32 Å². The second-order valence-electron chi connectivity index (χ2n) is 6.17. The van der Waals surface area contributed by atoms with Crippen molar-refractivity contribution < 1.29 is 13.2 Å². The first-order valence-electron chi connectivity index (χ1n) is 9.01. The van der Waals surface area contributed by atoms with Crippen molar-refractivity contribution in [3.05, 3.63) is 53.4 Å². The van der Waals surface area contributed by atoms with Crippen molar-refractivity contribution in [2.24, 2.45) is 0 Å². The van der Waals surface area contributed by atoms with Gasteiger partial charge in [0.1, 0.15) is 4.21 Å². The predicted octanol–water partition coefficient (Wildman–Crippen LogP) is 2.61. The van der Waals surface area contributed by atoms with Gasteiger partial charge in [-0.2, -0.15) is 4.72 Å². The molecule has 1 amide bonds. The van der Waals surface area contributed by atoms with Crippen LogP contribution in [0.2, 0.25) is 0 Å². The van der Waals surface area contributed by atoms with Crippen molar-refractivity contribution in [1.82, 2.24) is 14.9 Å². The van der Waals surface area contributed by atoms with Gasteiger partial charge in [-0.1, -0.05) is 50.2 Å². The molecule has 2 atom stereocenters. The lowest BCUT2D eigenvalue weighted by Crippen LogP contribution is -2.47. The molecular weight excluding hydrogens is 382 g/mol. The van der Waals surface area contributed by atoms with Crippen LogP contribution in [0.25, 0.3) is 0 Å². The maximum Gasteiger partial charge on any atom is 0.250 e. The van der Waals surface area contributed by atoms with E-state index in [1.807, 2.05) is 30.3 Å². The molecule has 0 aliphatic heterocycles. The number of sulfonamides is 1. The van der Waals surface area contributed by atoms with Crippen LogP contribution < -0.4 is 10.0 Å². The van der Waals surface area contributed by atoms with Crippen LogP contribution in [0.4, 0.5) is 0 Å². The minimum absolute atomic E-state index is 0.0336. The molecule has 0 aliphatic rings. The van der Waals surface area contributed by atoms with Gasteiger partial charge in [0.05, 0.1) is 12.1 Å². The highest BCUT2D eigenvalue weighted by atomic mass is 32.2. The van der Waals surface area contributed by atoms with Gasteiger partial charge in [0, 0.05) is 6.54 Å². The quantitative estimate of drug-likeness (QED) is 0.632. The van der Waals surface area contributed by atoms with Crippen LogP contribution in [0.3, 0.4) is 0 Å². The minimum Gasteiger partial charge on any atom is -0.353 e. The van der Waals surface area contributed by atoms with Crippen molar-refractivity contribution in [2.45, 2.75) is 37.1 Å². The molecule has 148 valence electrons. The highest BCUT2D eigenvalue weighted by Gasteiger charge is 2.24. The van der Waals surface area contributed by atoms with Gasteiger partial charge in [-0.05, 0) is 37.0 Å². The van der Waals surface area contributed by atoms with Crippen LogP contribution in [0.5, 0.6) is 0 Å². The van der Waals surface area contributed by atoms with Crippen LogP contribution >= 0.6 is 11.3 Å². The van der Waals surface area contributed by atoms with Crippen molar-refractivity contribution in [1.29, 1.82) is 0 Å². The molecule has 0 saturated heterocycles. The average molecular weight is 410 g/mol. The molecule has 0 fully saturated rings. The smallest absolute Gasteiger partial charge is 0.250 e. The normalized spacial score (nSPS) is 14.1. The molecule has 6 nitrogen and oxygen atoms in total. The zero-order chi connectivity index (χ0) is 19.9. The maximum atomic E-state index is 12.5. The summed E-state index contributed by atoms with van der Waals surface area (Å²) in [6, 6.07) is 12.4. The van der Waals surface area contributed by atoms with Gasteiger partial charge in [-0.3, -0.25) is 9.69 Å². The molecule has 2 rings (SSSR count). The molecule has 0 aliphatic carbocycles. The van der Waals surface area contributed by atoms with E-state index in [9.17, 15) is 13.2 Å². The Morgan fingerprint density at radius 3 is 2.33 bits per heavy atom. The Hall–Kier alpha value is -1.74. The molecule has 1 heterocycles. The summed E-state index contributed by atoms with van der Waals surface area (Å²) in [6.45, 7) is 7.84. The number of amides is 1. The standard InChI is InChI=1S/C19H27N3O3S2/c1-4-22(5-2)17(16-10-7-6-8-11-16)14-20-19(23)15(3)21-27(24,25)18-12-9-13-26-18/h6-13,15,17,21H,4-5,14H2,1-3H3,(H,20,23). The number of likely N-dealkylation sites (N-methyl/N-ethyl adjacent to an activating group) is 1. The van der Waals surface area contributed by atoms with Crippen LogP contribution in [-0.2, 0) is 14.8 Å². The fourth-order valence-corrected chi connectivity index (χ4v) is 5.12. The Kier molecular flexibility index (Phi) is 7.97. The number of benzene rings is 1. The van der Waals surface area contributed by atoms with Gasteiger partial charge in [-0.25, -0.2) is 8.42 Å². The molecule has 27 heavy (non-hydrogen) atoms. The third-order valence-corrected chi connectivity index (χ3v) is 7.33. The molecule has 0 spiro atoms. The second-order valence-corrected chi connectivity index (χ2v) is 9.06. The number of carbonyl (C=O) groups excluding carboxylic acids is 1. The first-order valence-corrected chi connectivity index (χ1v) is 11.4. The first kappa shape index (κ1) is 21.6. The Labute approximate surface area is 165 Å². The summed E-state index contributed by atoms with van der Waals surface area (Å²) in [5, 5.41) is 4.58. The lowest BCUT2D eigenvalue weighted by Gasteiger charge is -2.30. The van der Waals surface area contributed by atoms with Crippen LogP contribution in [0.1, 0.15) is 32.4 Å². The molecule has 0 radical (unpaired) electrons. The van der Waals surface area contributed by atoms with E-state index in [1.165, 1.54) is 6.07 Å². The van der Waals surface area contributed by atoms with Crippen LogP contribution in [0.15, 0.2) is 52.1 Å². The van der Waals surface area contributed by atoms with Crippen molar-refractivity contribution in [3.8, 4) is 0 Å². The van der Waals surface area contributed by atoms with E-state index in [4.69, 9.17) is 0 Å². The topological polar surface area (TPSA) is 78.5 Å². The third kappa shape index (κ3) is 5.87. The summed E-state index contributed by atoms with van der Waals surface area (Å²) in [5.74, 6) is -0.344. The molecule has 0 bridgehead atoms. The molecule has 1 aromatic carbocycles. The molecule has 2 unspecified atom stereocenters. The molecule has 1 aromatic heterocycles. The lowest BCUT2D eigenvalue weighted by atomic mass is 10.0. The Bertz CT molecular complexity index is 804. The Morgan fingerprint density at radius 2 is 1.78 bits per heavy atom. The predicted molar refractivity (Wildman–Crippen MR) is 109 cm³/mol. The largest absolute Gasteiger partial charge is 0.353 e. The highest BCUT2D eigenvalue weighted by molar-refractivity contribution is 7.91. The zero-order valence-electron chi connectivity index (χ0n) is 15.9. The Morgan fingerprint density at radius 1 is 1.11 bits per heavy atom. The fourth-order valence-electron chi connectivity index (χ4n) is 2.91. The van der Waals surface area contributed by atoms with Gasteiger partial charge in [0.2, 0.25) is 5.91 Å². The molecule has 2 aromatic rings. The van der Waals surface area contributed by atoms with Gasteiger partial charge in [0.25, 0.3) is 10.0 Å². The van der Waals surface area contributed by atoms with Gasteiger partial charge >= 0.3 is 0 Å². The van der Waals surface area contributed by atoms with E-state index < -0.39 is 16.1 Å². The van der Waals surface area contributed by atoms with Crippen LogP contribution in [0, 0.1) is 0 Å². The number of thiophene rings is 1. The number of rotatable bonds is 10. The summed E-state index contributed by atoms with van der Waals surface area (Å²) in [7, 11) is -3.68. The van der Waals surface area contributed by atoms with E-state index in [0.717, 1.165) is 30.0 Å². The van der Waals surface area contributed by atoms with Gasteiger partial charge in [-0.15, -0.1) is 11.3 Å². The number of carbonyl (C=O) groups is 1. The van der Waals surface area contributed by atoms with E-state index in [2.05, 4.69) is 28.8 Å². The minimum atomic E-state index is -3.68. The molecule has 0 saturated carbocycles. The summed E-state index contributed by atoms with van der Waals surface area (Å²) >= 11 is 1.12. The molecule has 8 heteroatoms. The van der Waals surface area contributed by atoms with E-state index in [0.29, 0.717) is 6.54 Å². The number of hydrogen-bond donors (Lipinski definition) is 2. The Balaban J connectivity index is 2.02. The molecule has 2 N–H and O–H groups in total. The summed E-state index contributed by atoms with van der Waals surface area (Å²) in [6.07, 6.45) is 0. The third-order valence-electron chi connectivity index (χ3n) is 4.39. The fraction of sp³-hybridized carbons (Fsp3) is 0.421. The first-order chi connectivity index (χ1) is 12.9. The SMILES string of the molecule is CCN(CC)C(CNC(=O)C(C)NS(=O)(=O)c1cccs1)c1ccccc1. The zero-order valence-corrected chi connectivity index (χ0v) is 17.5. The van der Waals surface area contributed by atoms with Crippen molar-refractivity contribution in [3.63, 3.8) is 0 Å². The number of nitrogens with one attached hydrogen (secondary N) is 2. The monoisotopic (exact) mass is 409 g/mol. The lowest BCUT2D eigenvalue weighted by molar-refractivity contribution is -0.122. The maximum absolute atomic E-state index is 12.5. The number of hydrogen-bond acceptors (Lipinski definition) is 5. The van der Waals surface area contributed by atoms with Crippen molar-refractivity contribution >= 4 is 27.3 Å². The molecular formula is C19H27N3O3S2. The second kappa shape index (κ2) is 9.98. The summed E-state index contributed by atoms with van der Waals surface area (Å²) in [5.41, 5.74) is 1.12. The average Bonchev–Trinajstić information content (AvgIpc) is 3.21. The van der Waals surface area contributed by atoms with E-state index in [-0.39, 0.29) is 16.2 Å². The van der Waals surface area contributed by atoms with Crippen LogP contribution in [-0.4, -0.2) is 44.9 Å². The van der Waals surface area contributed by atoms with E-state index >= 15 is 0 Å². The van der Waals surface area contributed by atoms with Crippen molar-refractivity contribution in [2.75, 3.05) is 19.6 Å².